The zero-order chi connectivity index (χ0) is 12.1. The number of hydrogen-bond acceptors (Lipinski definition) is 3. The Hall–Kier alpha value is -1.00. The van der Waals surface area contributed by atoms with Gasteiger partial charge in [0.15, 0.2) is 0 Å². The van der Waals surface area contributed by atoms with E-state index in [1.165, 1.54) is 0 Å². The topological polar surface area (TPSA) is 38.3 Å². The fourth-order valence-corrected chi connectivity index (χ4v) is 1.47. The molecule has 0 aromatic heterocycles. The number of amides is 1. The van der Waals surface area contributed by atoms with Crippen molar-refractivity contribution < 1.29 is 9.53 Å². The van der Waals surface area contributed by atoms with Crippen LogP contribution < -0.4 is 5.32 Å². The van der Waals surface area contributed by atoms with E-state index >= 15 is 0 Å². The third-order valence-corrected chi connectivity index (χ3v) is 2.70. The van der Waals surface area contributed by atoms with Crippen LogP contribution in [0.25, 0.3) is 0 Å². The van der Waals surface area contributed by atoms with Gasteiger partial charge < -0.3 is 10.1 Å². The number of carbonyl (C=O) groups is 1. The molecule has 1 atom stereocenters. The molecule has 0 fully saturated rings. The highest BCUT2D eigenvalue weighted by Crippen LogP contribution is 2.13. The summed E-state index contributed by atoms with van der Waals surface area (Å²) in [6, 6.07) is 5.52. The predicted octanol–water partition coefficient (Wildman–Crippen LogP) is 2.05. The van der Waals surface area contributed by atoms with Crippen LogP contribution in [0.1, 0.15) is 22.8 Å². The van der Waals surface area contributed by atoms with Gasteiger partial charge in [0.25, 0.3) is 5.91 Å². The number of rotatable bonds is 4. The molecule has 0 bridgehead atoms. The molecule has 0 saturated carbocycles. The van der Waals surface area contributed by atoms with Gasteiger partial charge in [0.05, 0.1) is 6.10 Å². The second-order valence-corrected chi connectivity index (χ2v) is 4.27. The van der Waals surface area contributed by atoms with E-state index in [9.17, 15) is 4.79 Å². The van der Waals surface area contributed by atoms with E-state index in [0.717, 1.165) is 10.5 Å². The maximum absolute atomic E-state index is 11.8. The van der Waals surface area contributed by atoms with Gasteiger partial charge in [-0.1, -0.05) is 6.07 Å². The van der Waals surface area contributed by atoms with Crippen molar-refractivity contribution in [3.63, 3.8) is 0 Å². The Labute approximate surface area is 102 Å². The lowest BCUT2D eigenvalue weighted by atomic mass is 10.1. The molecule has 0 heterocycles. The Morgan fingerprint density at radius 1 is 1.56 bits per heavy atom. The fourth-order valence-electron chi connectivity index (χ4n) is 1.27. The van der Waals surface area contributed by atoms with E-state index in [1.807, 2.05) is 26.0 Å². The lowest BCUT2D eigenvalue weighted by molar-refractivity contribution is 0.0869. The quantitative estimate of drug-likeness (QED) is 0.789. The molecule has 0 spiro atoms. The molecule has 1 rings (SSSR count). The Balaban J connectivity index is 2.69. The predicted molar refractivity (Wildman–Crippen MR) is 67.2 cm³/mol. The van der Waals surface area contributed by atoms with Crippen molar-refractivity contribution in [2.75, 3.05) is 13.7 Å². The van der Waals surface area contributed by atoms with E-state index in [2.05, 4.69) is 17.9 Å². The molecule has 1 aromatic carbocycles. The van der Waals surface area contributed by atoms with Gasteiger partial charge in [-0.15, -0.1) is 12.6 Å². The zero-order valence-electron chi connectivity index (χ0n) is 9.78. The van der Waals surface area contributed by atoms with E-state index in [0.29, 0.717) is 12.1 Å². The normalized spacial score (nSPS) is 12.2. The standard InChI is InChI=1S/C12H17NO2S/c1-8-4-5-10(16)6-11(8)12(14)13-7-9(2)15-3/h4-6,9,16H,7H2,1-3H3,(H,13,14). The van der Waals surface area contributed by atoms with Gasteiger partial charge in [0.2, 0.25) is 0 Å². The van der Waals surface area contributed by atoms with Crippen LogP contribution in [0.3, 0.4) is 0 Å². The molecule has 0 saturated heterocycles. The van der Waals surface area contributed by atoms with E-state index in [4.69, 9.17) is 4.74 Å². The Kier molecular flexibility index (Phi) is 4.83. The first-order valence-corrected chi connectivity index (χ1v) is 5.60. The summed E-state index contributed by atoms with van der Waals surface area (Å²) < 4.78 is 5.06. The average molecular weight is 239 g/mol. The monoisotopic (exact) mass is 239 g/mol. The largest absolute Gasteiger partial charge is 0.380 e. The number of ether oxygens (including phenoxy) is 1. The second kappa shape index (κ2) is 5.92. The smallest absolute Gasteiger partial charge is 0.251 e. The van der Waals surface area contributed by atoms with E-state index in [-0.39, 0.29) is 12.0 Å². The van der Waals surface area contributed by atoms with Gasteiger partial charge >= 0.3 is 0 Å². The minimum absolute atomic E-state index is 0.0171. The molecule has 3 nitrogen and oxygen atoms in total. The number of thiol groups is 1. The van der Waals surface area contributed by atoms with Crippen molar-refractivity contribution in [1.29, 1.82) is 0 Å². The molecule has 1 unspecified atom stereocenters. The third-order valence-electron chi connectivity index (χ3n) is 2.42. The molecule has 4 heteroatoms. The summed E-state index contributed by atoms with van der Waals surface area (Å²) >= 11 is 4.22. The van der Waals surface area contributed by atoms with Crippen molar-refractivity contribution in [1.82, 2.24) is 5.32 Å². The summed E-state index contributed by atoms with van der Waals surface area (Å²) in [6.07, 6.45) is 0.0171. The SMILES string of the molecule is COC(C)CNC(=O)c1cc(S)ccc1C. The fraction of sp³-hybridized carbons (Fsp3) is 0.417. The van der Waals surface area contributed by atoms with Crippen LogP contribution in [0.5, 0.6) is 0 Å². The van der Waals surface area contributed by atoms with Gasteiger partial charge in [-0.2, -0.15) is 0 Å². The van der Waals surface area contributed by atoms with Gasteiger partial charge in [0, 0.05) is 24.1 Å². The highest BCUT2D eigenvalue weighted by atomic mass is 32.1. The zero-order valence-corrected chi connectivity index (χ0v) is 10.7. The molecule has 1 amide bonds. The highest BCUT2D eigenvalue weighted by Gasteiger charge is 2.10. The second-order valence-electron chi connectivity index (χ2n) is 3.76. The first-order valence-electron chi connectivity index (χ1n) is 5.15. The van der Waals surface area contributed by atoms with Gasteiger partial charge in [0.1, 0.15) is 0 Å². The summed E-state index contributed by atoms with van der Waals surface area (Å²) in [4.78, 5) is 12.6. The lowest BCUT2D eigenvalue weighted by Crippen LogP contribution is -2.31. The van der Waals surface area contributed by atoms with E-state index < -0.39 is 0 Å². The lowest BCUT2D eigenvalue weighted by Gasteiger charge is -2.12. The molecule has 0 aliphatic rings. The summed E-state index contributed by atoms with van der Waals surface area (Å²) in [5, 5.41) is 2.82. The minimum Gasteiger partial charge on any atom is -0.380 e. The highest BCUT2D eigenvalue weighted by molar-refractivity contribution is 7.80. The van der Waals surface area contributed by atoms with Gasteiger partial charge in [-0.3, -0.25) is 4.79 Å². The third kappa shape index (κ3) is 3.54. The van der Waals surface area contributed by atoms with Gasteiger partial charge in [-0.25, -0.2) is 0 Å². The van der Waals surface area contributed by atoms with E-state index in [1.54, 1.807) is 13.2 Å². The number of methoxy groups -OCH3 is 1. The minimum atomic E-state index is -0.0858. The van der Waals surface area contributed by atoms with Crippen LogP contribution >= 0.6 is 12.6 Å². The van der Waals surface area contributed by atoms with Crippen LogP contribution in [-0.2, 0) is 4.74 Å². The van der Waals surface area contributed by atoms with Gasteiger partial charge in [-0.05, 0) is 31.5 Å². The van der Waals surface area contributed by atoms with Crippen LogP contribution in [0.15, 0.2) is 23.1 Å². The first-order chi connectivity index (χ1) is 7.54. The molecule has 88 valence electrons. The summed E-state index contributed by atoms with van der Waals surface area (Å²) in [5.74, 6) is -0.0858. The molecule has 1 N–H and O–H groups in total. The molecule has 16 heavy (non-hydrogen) atoms. The average Bonchev–Trinajstić information content (AvgIpc) is 2.28. The summed E-state index contributed by atoms with van der Waals surface area (Å²) in [5.41, 5.74) is 1.61. The number of carbonyl (C=O) groups excluding carboxylic acids is 1. The molecular weight excluding hydrogens is 222 g/mol. The van der Waals surface area contributed by atoms with Crippen LogP contribution in [0.4, 0.5) is 0 Å². The van der Waals surface area contributed by atoms with Crippen molar-refractivity contribution in [3.05, 3.63) is 29.3 Å². The molecule has 0 aliphatic carbocycles. The summed E-state index contributed by atoms with van der Waals surface area (Å²) in [7, 11) is 1.62. The molecule has 1 aromatic rings. The Morgan fingerprint density at radius 2 is 2.25 bits per heavy atom. The Morgan fingerprint density at radius 3 is 2.88 bits per heavy atom. The molecular formula is C12H17NO2S. The number of benzene rings is 1. The van der Waals surface area contributed by atoms with Crippen molar-refractivity contribution in [2.45, 2.75) is 24.8 Å². The Bertz CT molecular complexity index is 379. The maximum atomic E-state index is 11.8. The maximum Gasteiger partial charge on any atom is 0.251 e. The number of aryl methyl sites for hydroxylation is 1. The van der Waals surface area contributed by atoms with Crippen LogP contribution in [0.2, 0.25) is 0 Å². The van der Waals surface area contributed by atoms with Crippen LogP contribution in [-0.4, -0.2) is 25.7 Å². The number of hydrogen-bond donors (Lipinski definition) is 2. The number of nitrogens with one attached hydrogen (secondary N) is 1. The summed E-state index contributed by atoms with van der Waals surface area (Å²) in [6.45, 7) is 4.32. The van der Waals surface area contributed by atoms with Crippen LogP contribution in [0, 0.1) is 6.92 Å². The first kappa shape index (κ1) is 13.1. The molecule has 0 aliphatic heterocycles. The van der Waals surface area contributed by atoms with Crippen molar-refractivity contribution in [2.24, 2.45) is 0 Å². The molecule has 0 radical (unpaired) electrons. The van der Waals surface area contributed by atoms with Crippen molar-refractivity contribution in [3.8, 4) is 0 Å². The van der Waals surface area contributed by atoms with Crippen molar-refractivity contribution >= 4 is 18.5 Å².